The van der Waals surface area contributed by atoms with Gasteiger partial charge in [-0.05, 0) is 30.5 Å². The monoisotopic (exact) mass is 155 g/mol. The largest absolute Gasteiger partial charge is 0.359 e. The Kier molecular flexibility index (Phi) is 1.41. The van der Waals surface area contributed by atoms with Crippen LogP contribution in [0.25, 0.3) is 10.9 Å². The van der Waals surface area contributed by atoms with Crippen LogP contribution in [0.1, 0.15) is 11.3 Å². The predicted octanol–water partition coefficient (Wildman–Crippen LogP) is 2.46. The average Bonchev–Trinajstić information content (AvgIpc) is 2.43. The first-order chi connectivity index (χ1) is 5.79. The number of nitrogens with one attached hydrogen (secondary N) is 1. The molecule has 0 amide bonds. The van der Waals surface area contributed by atoms with E-state index in [-0.39, 0.29) is 0 Å². The van der Waals surface area contributed by atoms with E-state index < -0.39 is 0 Å². The molecule has 2 rings (SSSR count). The summed E-state index contributed by atoms with van der Waals surface area (Å²) in [6.45, 7) is 2.04. The van der Waals surface area contributed by atoms with Crippen LogP contribution in [0.15, 0.2) is 24.3 Å². The van der Waals surface area contributed by atoms with Gasteiger partial charge in [-0.3, -0.25) is 0 Å². The fraction of sp³-hybridized carbons (Fsp3) is 0.0909. The quantitative estimate of drug-likeness (QED) is 0.562. The van der Waals surface area contributed by atoms with E-state index in [1.807, 2.05) is 25.1 Å². The molecule has 0 radical (unpaired) electrons. The van der Waals surface area contributed by atoms with E-state index in [4.69, 9.17) is 6.42 Å². The molecule has 0 fully saturated rings. The smallest absolute Gasteiger partial charge is 0.0468 e. The highest BCUT2D eigenvalue weighted by atomic mass is 14.7. The zero-order valence-electron chi connectivity index (χ0n) is 6.89. The van der Waals surface area contributed by atoms with Crippen molar-refractivity contribution in [1.29, 1.82) is 0 Å². The molecule has 0 unspecified atom stereocenters. The molecule has 58 valence electrons. The van der Waals surface area contributed by atoms with Crippen molar-refractivity contribution in [2.45, 2.75) is 6.92 Å². The molecular weight excluding hydrogens is 146 g/mol. The molecule has 0 saturated heterocycles. The summed E-state index contributed by atoms with van der Waals surface area (Å²) >= 11 is 0. The molecule has 1 aromatic heterocycles. The summed E-state index contributed by atoms with van der Waals surface area (Å²) in [5, 5.41) is 1.21. The summed E-state index contributed by atoms with van der Waals surface area (Å²) in [6.07, 6.45) is 5.28. The van der Waals surface area contributed by atoms with E-state index in [0.29, 0.717) is 0 Å². The maximum absolute atomic E-state index is 5.28. The van der Waals surface area contributed by atoms with Crippen molar-refractivity contribution in [3.05, 3.63) is 35.5 Å². The number of benzene rings is 1. The molecule has 12 heavy (non-hydrogen) atoms. The van der Waals surface area contributed by atoms with Gasteiger partial charge in [-0.25, -0.2) is 0 Å². The van der Waals surface area contributed by atoms with Gasteiger partial charge in [-0.15, -0.1) is 6.42 Å². The van der Waals surface area contributed by atoms with Gasteiger partial charge >= 0.3 is 0 Å². The summed E-state index contributed by atoms with van der Waals surface area (Å²) in [4.78, 5) is 3.24. The van der Waals surface area contributed by atoms with Crippen LogP contribution in [0.3, 0.4) is 0 Å². The number of hydrogen-bond acceptors (Lipinski definition) is 0. The summed E-state index contributed by atoms with van der Waals surface area (Å²) < 4.78 is 0. The van der Waals surface area contributed by atoms with Crippen LogP contribution >= 0.6 is 0 Å². The van der Waals surface area contributed by atoms with Gasteiger partial charge in [0.2, 0.25) is 0 Å². The lowest BCUT2D eigenvalue weighted by Crippen LogP contribution is -1.73. The molecule has 1 aromatic carbocycles. The second-order valence-electron chi connectivity index (χ2n) is 2.90. The second kappa shape index (κ2) is 2.42. The Bertz CT molecular complexity index is 457. The lowest BCUT2D eigenvalue weighted by Gasteiger charge is -1.90. The van der Waals surface area contributed by atoms with Crippen LogP contribution in [-0.2, 0) is 0 Å². The number of rotatable bonds is 0. The van der Waals surface area contributed by atoms with E-state index in [1.54, 1.807) is 0 Å². The van der Waals surface area contributed by atoms with Crippen LogP contribution in [0.4, 0.5) is 0 Å². The normalized spacial score (nSPS) is 10.0. The number of hydrogen-bond donors (Lipinski definition) is 1. The van der Waals surface area contributed by atoms with E-state index >= 15 is 0 Å². The first-order valence-corrected chi connectivity index (χ1v) is 3.85. The van der Waals surface area contributed by atoms with Crippen molar-refractivity contribution in [1.82, 2.24) is 4.98 Å². The van der Waals surface area contributed by atoms with E-state index in [2.05, 4.69) is 17.0 Å². The number of aromatic nitrogens is 1. The highest BCUT2D eigenvalue weighted by molar-refractivity contribution is 5.81. The van der Waals surface area contributed by atoms with Gasteiger partial charge in [0.1, 0.15) is 0 Å². The predicted molar refractivity (Wildman–Crippen MR) is 51.0 cm³/mol. The van der Waals surface area contributed by atoms with E-state index in [9.17, 15) is 0 Å². The van der Waals surface area contributed by atoms with Crippen molar-refractivity contribution in [2.24, 2.45) is 0 Å². The second-order valence-corrected chi connectivity index (χ2v) is 2.90. The summed E-state index contributed by atoms with van der Waals surface area (Å²) in [7, 11) is 0. The third-order valence-electron chi connectivity index (χ3n) is 1.92. The molecule has 0 aliphatic heterocycles. The number of aryl methyl sites for hydroxylation is 1. The molecule has 1 N–H and O–H groups in total. The van der Waals surface area contributed by atoms with Gasteiger partial charge in [0.15, 0.2) is 0 Å². The Morgan fingerprint density at radius 2 is 2.17 bits per heavy atom. The van der Waals surface area contributed by atoms with Crippen LogP contribution in [-0.4, -0.2) is 4.98 Å². The average molecular weight is 155 g/mol. The fourth-order valence-electron chi connectivity index (χ4n) is 1.36. The molecule has 2 aromatic rings. The minimum absolute atomic E-state index is 0.921. The van der Waals surface area contributed by atoms with Crippen LogP contribution in [0, 0.1) is 19.3 Å². The minimum Gasteiger partial charge on any atom is -0.359 e. The highest BCUT2D eigenvalue weighted by Crippen LogP contribution is 2.15. The summed E-state index contributed by atoms with van der Waals surface area (Å²) in [6, 6.07) is 8.08. The Balaban J connectivity index is 2.77. The molecule has 0 bridgehead atoms. The number of aromatic amines is 1. The standard InChI is InChI=1S/C11H9N/c1-3-9-4-5-10-6-8(2)12-11(10)7-9/h1,4-7,12H,2H3. The Morgan fingerprint density at radius 1 is 1.33 bits per heavy atom. The van der Waals surface area contributed by atoms with Gasteiger partial charge in [-0.2, -0.15) is 0 Å². The molecule has 1 nitrogen and oxygen atoms in total. The van der Waals surface area contributed by atoms with Crippen LogP contribution in [0.5, 0.6) is 0 Å². The zero-order chi connectivity index (χ0) is 8.55. The first kappa shape index (κ1) is 7.00. The zero-order valence-corrected chi connectivity index (χ0v) is 6.89. The van der Waals surface area contributed by atoms with E-state index in [1.165, 1.54) is 11.1 Å². The van der Waals surface area contributed by atoms with Gasteiger partial charge in [0.25, 0.3) is 0 Å². The van der Waals surface area contributed by atoms with Gasteiger partial charge in [-0.1, -0.05) is 12.0 Å². The van der Waals surface area contributed by atoms with Gasteiger partial charge in [0.05, 0.1) is 0 Å². The third kappa shape index (κ3) is 0.981. The first-order valence-electron chi connectivity index (χ1n) is 3.85. The molecule has 0 aliphatic rings. The number of H-pyrrole nitrogens is 1. The SMILES string of the molecule is C#Cc1ccc2cc(C)[nH]c2c1. The summed E-state index contributed by atoms with van der Waals surface area (Å²) in [5.74, 6) is 2.61. The molecule has 0 saturated carbocycles. The van der Waals surface area contributed by atoms with Gasteiger partial charge < -0.3 is 4.98 Å². The fourth-order valence-corrected chi connectivity index (χ4v) is 1.36. The van der Waals surface area contributed by atoms with Crippen molar-refractivity contribution < 1.29 is 0 Å². The number of terminal acetylenes is 1. The van der Waals surface area contributed by atoms with E-state index in [0.717, 1.165) is 11.1 Å². The van der Waals surface area contributed by atoms with Crippen molar-refractivity contribution in [3.63, 3.8) is 0 Å². The lowest BCUT2D eigenvalue weighted by atomic mass is 10.2. The van der Waals surface area contributed by atoms with Gasteiger partial charge in [0, 0.05) is 16.8 Å². The third-order valence-corrected chi connectivity index (χ3v) is 1.92. The maximum Gasteiger partial charge on any atom is 0.0468 e. The molecule has 1 heteroatoms. The Labute approximate surface area is 71.4 Å². The number of fused-ring (bicyclic) bond motifs is 1. The molecular formula is C11H9N. The highest BCUT2D eigenvalue weighted by Gasteiger charge is 1.96. The molecule has 0 spiro atoms. The topological polar surface area (TPSA) is 15.8 Å². The Hall–Kier alpha value is -1.68. The van der Waals surface area contributed by atoms with Crippen LogP contribution in [0.2, 0.25) is 0 Å². The molecule has 0 atom stereocenters. The summed E-state index contributed by atoms with van der Waals surface area (Å²) in [5.41, 5.74) is 3.20. The maximum atomic E-state index is 5.28. The molecule has 0 aliphatic carbocycles. The lowest BCUT2D eigenvalue weighted by molar-refractivity contribution is 1.30. The Morgan fingerprint density at radius 3 is 2.92 bits per heavy atom. The van der Waals surface area contributed by atoms with Crippen molar-refractivity contribution in [2.75, 3.05) is 0 Å². The molecule has 1 heterocycles. The van der Waals surface area contributed by atoms with Crippen molar-refractivity contribution in [3.8, 4) is 12.3 Å². The van der Waals surface area contributed by atoms with Crippen molar-refractivity contribution >= 4 is 10.9 Å². The minimum atomic E-state index is 0.921. The van der Waals surface area contributed by atoms with Crippen LogP contribution < -0.4 is 0 Å².